The van der Waals surface area contributed by atoms with E-state index >= 15 is 0 Å². The number of hydrogen-bond acceptors (Lipinski definition) is 19. The van der Waals surface area contributed by atoms with Crippen LogP contribution in [0.1, 0.15) is 330 Å². The fourth-order valence-electron chi connectivity index (χ4n) is 11.6. The lowest BCUT2D eigenvalue weighted by Gasteiger charge is -2.45. The minimum Gasteiger partial charge on any atom is -0.462 e. The molecule has 0 aromatic rings. The number of hydrogen-bond donors (Lipinski definition) is 8. The van der Waals surface area contributed by atoms with Crippen molar-refractivity contribution in [1.82, 2.24) is 10.6 Å². The molecule has 0 aliphatic carbocycles. The highest BCUT2D eigenvalue weighted by atomic mass is 31.2. The minimum absolute atomic E-state index is 0.103. The number of ether oxygens (including phenoxy) is 6. The van der Waals surface area contributed by atoms with Gasteiger partial charge in [0.2, 0.25) is 11.8 Å². The van der Waals surface area contributed by atoms with Crippen LogP contribution in [0.3, 0.4) is 0 Å². The van der Waals surface area contributed by atoms with Crippen molar-refractivity contribution >= 4 is 51.7 Å². The minimum atomic E-state index is -5.56. The largest absolute Gasteiger partial charge is 0.567 e. The number of rotatable bonds is 63. The predicted molar refractivity (Wildman–Crippen MR) is 363 cm³/mol. The number of carbonyl (C=O) groups is 6. The Hall–Kier alpha value is -2.92. The van der Waals surface area contributed by atoms with Crippen molar-refractivity contribution < 1.29 is 100 Å². The van der Waals surface area contributed by atoms with Gasteiger partial charge < -0.3 is 53.9 Å². The maximum Gasteiger partial charge on any atom is 0.567 e. The molecule has 0 saturated carbocycles. The highest BCUT2D eigenvalue weighted by molar-refractivity contribution is 7.53. The third-order valence-electron chi connectivity index (χ3n) is 16.9. The fraction of sp³-hybridized carbons (Fsp3) is 0.913. The van der Waals surface area contributed by atoms with E-state index < -0.39 is 139 Å². The van der Waals surface area contributed by atoms with Gasteiger partial charge in [0, 0.05) is 19.3 Å². The van der Waals surface area contributed by atoms with E-state index in [1.54, 1.807) is 0 Å². The third kappa shape index (κ3) is 48.7. The maximum absolute atomic E-state index is 14.7. The summed E-state index contributed by atoms with van der Waals surface area (Å²) >= 11 is 0. The molecule has 3 unspecified atom stereocenters. The first-order valence-electron chi connectivity index (χ1n) is 36.8. The summed E-state index contributed by atoms with van der Waals surface area (Å²) in [4.78, 5) is 134. The van der Waals surface area contributed by atoms with Crippen molar-refractivity contribution in [3.63, 3.8) is 0 Å². The SMILES string of the molecule is CCCCCCCCCCC[C@H](CC(=O)NC1C(OC(=O)C[C@@H](CCCCCCCCCCC)OC(=O)CCCCC)[C@H](OP(=O)(O)O)C(CO)O[C@H]1OC[C@@H](CO[P+](O)(O)O)NC(=O)C[C@@H](CCCCCCCCCCC)OC(=O)CCCCC)OC(=O)CCCCC. The smallest absolute Gasteiger partial charge is 0.462 e. The molecule has 1 heterocycles. The van der Waals surface area contributed by atoms with Gasteiger partial charge in [0.1, 0.15) is 43.2 Å². The van der Waals surface area contributed by atoms with Gasteiger partial charge in [-0.05, 0) is 57.8 Å². The van der Waals surface area contributed by atoms with Crippen LogP contribution in [0, 0.1) is 0 Å². The number of aliphatic hydroxyl groups is 1. The summed E-state index contributed by atoms with van der Waals surface area (Å²) < 4.78 is 59.4. The summed E-state index contributed by atoms with van der Waals surface area (Å²) in [5.74, 6) is -4.02. The van der Waals surface area contributed by atoms with Gasteiger partial charge in [-0.3, -0.25) is 33.3 Å². The average Bonchev–Trinajstić information content (AvgIpc) is 0.791. The van der Waals surface area contributed by atoms with Crippen molar-refractivity contribution in [2.24, 2.45) is 0 Å². The second-order valence-electron chi connectivity index (χ2n) is 25.9. The van der Waals surface area contributed by atoms with E-state index in [4.69, 9.17) is 37.5 Å². The van der Waals surface area contributed by atoms with Gasteiger partial charge in [-0.1, -0.05) is 234 Å². The molecule has 94 heavy (non-hydrogen) atoms. The van der Waals surface area contributed by atoms with Gasteiger partial charge in [0.25, 0.3) is 0 Å². The fourth-order valence-corrected chi connectivity index (χ4v) is 12.5. The molecular weight excluding hydrogens is 1250 g/mol. The van der Waals surface area contributed by atoms with Gasteiger partial charge in [0.15, 0.2) is 12.4 Å². The highest BCUT2D eigenvalue weighted by Gasteiger charge is 2.52. The number of phosphoric acid groups is 1. The van der Waals surface area contributed by atoms with Gasteiger partial charge >= 0.3 is 39.9 Å². The zero-order valence-corrected chi connectivity index (χ0v) is 60.6. The van der Waals surface area contributed by atoms with Crippen LogP contribution in [0.25, 0.3) is 0 Å². The zero-order chi connectivity index (χ0) is 69.7. The molecule has 0 aromatic carbocycles. The topological polar surface area (TPSA) is 339 Å². The number of unbranched alkanes of at least 4 members (excludes halogenated alkanes) is 30. The normalized spacial score (nSPS) is 18.0. The first-order chi connectivity index (χ1) is 45.1. The van der Waals surface area contributed by atoms with E-state index in [-0.39, 0.29) is 32.1 Å². The molecule has 8 N–H and O–H groups in total. The lowest BCUT2D eigenvalue weighted by molar-refractivity contribution is -0.272. The monoisotopic (exact) mass is 1390 g/mol. The molecule has 1 fully saturated rings. The zero-order valence-electron chi connectivity index (χ0n) is 58.8. The number of aliphatic hydroxyl groups excluding tert-OH is 1. The molecule has 1 aliphatic heterocycles. The Kier molecular flexibility index (Phi) is 53.9. The Morgan fingerprint density at radius 3 is 1.17 bits per heavy atom. The summed E-state index contributed by atoms with van der Waals surface area (Å²) in [6, 6.07) is -3.16. The summed E-state index contributed by atoms with van der Waals surface area (Å²) in [7, 11) is -10.5. The molecule has 23 nitrogen and oxygen atoms in total. The Labute approximate surface area is 565 Å². The van der Waals surface area contributed by atoms with Gasteiger partial charge in [-0.15, -0.1) is 0 Å². The molecule has 2 amide bonds. The van der Waals surface area contributed by atoms with Crippen molar-refractivity contribution in [3.05, 3.63) is 0 Å². The van der Waals surface area contributed by atoms with E-state index in [0.717, 1.165) is 154 Å². The first-order valence-corrected chi connectivity index (χ1v) is 39.9. The quantitative estimate of drug-likeness (QED) is 0.0121. The molecule has 552 valence electrons. The summed E-state index contributed by atoms with van der Waals surface area (Å²) in [6.45, 7) is 9.97. The van der Waals surface area contributed by atoms with Crippen LogP contribution >= 0.6 is 16.0 Å². The number of carbonyl (C=O) groups excluding carboxylic acids is 6. The van der Waals surface area contributed by atoms with Crippen LogP contribution in [-0.4, -0.2) is 140 Å². The number of nitrogens with one attached hydrogen (secondary N) is 2. The van der Waals surface area contributed by atoms with Crippen LogP contribution in [0.4, 0.5) is 0 Å². The lowest BCUT2D eigenvalue weighted by Crippen LogP contribution is -2.66. The first kappa shape index (κ1) is 89.1. The van der Waals surface area contributed by atoms with Crippen LogP contribution in [0.2, 0.25) is 0 Å². The molecule has 0 bridgehead atoms. The Bertz CT molecular complexity index is 2000. The molecule has 0 aromatic heterocycles. The van der Waals surface area contributed by atoms with Crippen molar-refractivity contribution in [1.29, 1.82) is 0 Å². The van der Waals surface area contributed by atoms with Gasteiger partial charge in [0.05, 0.1) is 38.5 Å². The Morgan fingerprint density at radius 1 is 0.457 bits per heavy atom. The number of phosphoric ester groups is 1. The summed E-state index contributed by atoms with van der Waals surface area (Å²) in [6.07, 6.45) is 23.9. The molecule has 1 saturated heterocycles. The van der Waals surface area contributed by atoms with E-state index in [2.05, 4.69) is 31.4 Å². The molecule has 1 aliphatic rings. The summed E-state index contributed by atoms with van der Waals surface area (Å²) in [5, 5.41) is 16.3. The third-order valence-corrected chi connectivity index (χ3v) is 17.9. The van der Waals surface area contributed by atoms with Crippen LogP contribution < -0.4 is 10.6 Å². The maximum atomic E-state index is 14.7. The van der Waals surface area contributed by atoms with Crippen LogP contribution in [0.5, 0.6) is 0 Å². The predicted octanol–water partition coefficient (Wildman–Crippen LogP) is 14.2. The number of esters is 4. The molecule has 0 spiro atoms. The lowest BCUT2D eigenvalue weighted by atomic mass is 9.95. The van der Waals surface area contributed by atoms with Gasteiger partial charge in [-0.2, -0.15) is 19.2 Å². The van der Waals surface area contributed by atoms with Crippen molar-refractivity contribution in [2.75, 3.05) is 19.8 Å². The highest BCUT2D eigenvalue weighted by Crippen LogP contribution is 2.46. The molecule has 9 atom stereocenters. The van der Waals surface area contributed by atoms with E-state index in [1.165, 1.54) is 38.5 Å². The molecule has 25 heteroatoms. The molecule has 1 rings (SSSR count). The van der Waals surface area contributed by atoms with Gasteiger partial charge in [-0.25, -0.2) is 4.57 Å². The molecule has 0 radical (unpaired) electrons. The van der Waals surface area contributed by atoms with Crippen molar-refractivity contribution in [3.8, 4) is 0 Å². The Balaban J connectivity index is 3.89. The van der Waals surface area contributed by atoms with E-state index in [1.807, 2.05) is 20.8 Å². The molecular formula is C69H131N2O21P2+. The van der Waals surface area contributed by atoms with Crippen LogP contribution in [-0.2, 0) is 70.8 Å². The standard InChI is InChI=1S/C69H130N2O21P2/c1-7-13-19-22-25-28-31-34-40-43-56(87-62(75)46-37-16-10-4)49-60(73)70-55(54-86-93(79,80)81)53-85-69-66(71-61(74)50-57(88-63(76)47-38-17-11-5)44-41-35-32-29-26-23-20-14-8-2)68(67(59(52-72)90-69)92-94(82,83)84)91-65(78)51-58(89-64(77)48-39-18-12-6)45-42-36-33-30-27-24-21-15-9-3/h55-59,66-69,72,79-81H,7-54H2,1-6H3,(H3-,70,71,73,74,82,83,84)/p+1/t55-,56+,57+,58+,59?,66?,67+,68?,69+/m0/s1. The second kappa shape index (κ2) is 56.9. The van der Waals surface area contributed by atoms with Crippen molar-refractivity contribution in [2.45, 2.75) is 385 Å². The number of amides is 2. The summed E-state index contributed by atoms with van der Waals surface area (Å²) in [5.41, 5.74) is 0. The average molecular weight is 1390 g/mol. The van der Waals surface area contributed by atoms with Crippen LogP contribution in [0.15, 0.2) is 0 Å². The Morgan fingerprint density at radius 2 is 0.809 bits per heavy atom. The van der Waals surface area contributed by atoms with E-state index in [9.17, 15) is 62.9 Å². The second-order valence-corrected chi connectivity index (χ2v) is 28.4. The van der Waals surface area contributed by atoms with E-state index in [0.29, 0.717) is 51.4 Å².